The van der Waals surface area contributed by atoms with E-state index < -0.39 is 0 Å². The maximum absolute atomic E-state index is 12.2. The molecule has 0 radical (unpaired) electrons. The van der Waals surface area contributed by atoms with E-state index in [0.29, 0.717) is 24.8 Å². The molecule has 0 N–H and O–H groups in total. The first-order valence-electron chi connectivity index (χ1n) is 7.72. The van der Waals surface area contributed by atoms with Crippen LogP contribution in [0.5, 0.6) is 5.75 Å². The summed E-state index contributed by atoms with van der Waals surface area (Å²) in [5, 5.41) is 0. The zero-order chi connectivity index (χ0) is 15.1. The van der Waals surface area contributed by atoms with Gasteiger partial charge >= 0.3 is 0 Å². The van der Waals surface area contributed by atoms with E-state index in [1.54, 1.807) is 0 Å². The Morgan fingerprint density at radius 2 is 2.33 bits per heavy atom. The van der Waals surface area contributed by atoms with Crippen LogP contribution in [-0.2, 0) is 4.79 Å². The maximum atomic E-state index is 12.2. The molecular weight excluding hydrogens is 286 g/mol. The van der Waals surface area contributed by atoms with E-state index in [9.17, 15) is 4.79 Å². The lowest BCUT2D eigenvalue weighted by molar-refractivity contribution is -0.133. The lowest BCUT2D eigenvalue weighted by Gasteiger charge is -2.32. The smallest absolute Gasteiger partial charge is 0.226 e. The molecule has 1 unspecified atom stereocenters. The van der Waals surface area contributed by atoms with Crippen LogP contribution in [0.15, 0.2) is 24.3 Å². The van der Waals surface area contributed by atoms with Crippen molar-refractivity contribution in [3.05, 3.63) is 29.8 Å². The third-order valence-electron chi connectivity index (χ3n) is 3.96. The highest BCUT2D eigenvalue weighted by Crippen LogP contribution is 2.20. The van der Waals surface area contributed by atoms with Gasteiger partial charge in [-0.15, -0.1) is 11.6 Å². The van der Waals surface area contributed by atoms with Crippen LogP contribution in [-0.4, -0.2) is 36.4 Å². The first-order chi connectivity index (χ1) is 10.2. The Morgan fingerprint density at radius 3 is 3.10 bits per heavy atom. The number of ether oxygens (including phenoxy) is 1. The molecule has 1 aliphatic heterocycles. The van der Waals surface area contributed by atoms with Crippen LogP contribution in [0.25, 0.3) is 0 Å². The molecule has 0 aliphatic carbocycles. The quantitative estimate of drug-likeness (QED) is 0.751. The Balaban J connectivity index is 1.74. The number of hydrogen-bond acceptors (Lipinski definition) is 2. The van der Waals surface area contributed by atoms with E-state index in [2.05, 4.69) is 0 Å². The second kappa shape index (κ2) is 8.28. The monoisotopic (exact) mass is 309 g/mol. The van der Waals surface area contributed by atoms with Crippen molar-refractivity contribution in [2.24, 2.45) is 5.92 Å². The molecule has 1 aromatic carbocycles. The Labute approximate surface area is 132 Å². The molecule has 0 aromatic heterocycles. The molecule has 1 aromatic rings. The molecule has 1 amide bonds. The van der Waals surface area contributed by atoms with Crippen molar-refractivity contribution in [2.45, 2.75) is 32.6 Å². The van der Waals surface area contributed by atoms with E-state index in [0.717, 1.165) is 31.7 Å². The number of carbonyl (C=O) groups excluding carboxylic acids is 1. The molecule has 1 aliphatic rings. The number of aryl methyl sites for hydroxylation is 1. The topological polar surface area (TPSA) is 29.5 Å². The predicted molar refractivity (Wildman–Crippen MR) is 85.9 cm³/mol. The fourth-order valence-electron chi connectivity index (χ4n) is 2.80. The second-order valence-electron chi connectivity index (χ2n) is 5.74. The number of likely N-dealkylation sites (tertiary alicyclic amines) is 1. The van der Waals surface area contributed by atoms with E-state index in [1.165, 1.54) is 12.0 Å². The number of carbonyl (C=O) groups is 1. The van der Waals surface area contributed by atoms with Gasteiger partial charge in [-0.25, -0.2) is 0 Å². The van der Waals surface area contributed by atoms with Gasteiger partial charge in [0.25, 0.3) is 0 Å². The van der Waals surface area contributed by atoms with Crippen molar-refractivity contribution in [3.8, 4) is 5.75 Å². The average Bonchev–Trinajstić information content (AvgIpc) is 2.48. The first-order valence-corrected chi connectivity index (χ1v) is 8.25. The summed E-state index contributed by atoms with van der Waals surface area (Å²) in [7, 11) is 0. The molecule has 116 valence electrons. The van der Waals surface area contributed by atoms with Gasteiger partial charge in [0, 0.05) is 19.0 Å². The number of benzene rings is 1. The molecule has 0 spiro atoms. The number of piperidine rings is 1. The summed E-state index contributed by atoms with van der Waals surface area (Å²) in [5.74, 6) is 2.28. The SMILES string of the molecule is Cc1cccc(OCCC(=O)N2CCCC(CCCl)C2)c1. The van der Waals surface area contributed by atoms with E-state index in [-0.39, 0.29) is 5.91 Å². The van der Waals surface area contributed by atoms with Crippen molar-refractivity contribution < 1.29 is 9.53 Å². The van der Waals surface area contributed by atoms with Gasteiger partial charge in [0.1, 0.15) is 5.75 Å². The highest BCUT2D eigenvalue weighted by atomic mass is 35.5. The van der Waals surface area contributed by atoms with Crippen molar-refractivity contribution in [2.75, 3.05) is 25.6 Å². The molecule has 3 nitrogen and oxygen atoms in total. The minimum absolute atomic E-state index is 0.196. The molecule has 4 heteroatoms. The number of amides is 1. The van der Waals surface area contributed by atoms with Gasteiger partial charge in [0.05, 0.1) is 13.0 Å². The van der Waals surface area contributed by atoms with Crippen LogP contribution in [0.1, 0.15) is 31.2 Å². The van der Waals surface area contributed by atoms with Gasteiger partial charge in [-0.3, -0.25) is 4.79 Å². The van der Waals surface area contributed by atoms with Gasteiger partial charge in [0.15, 0.2) is 0 Å². The number of alkyl halides is 1. The van der Waals surface area contributed by atoms with Crippen LogP contribution < -0.4 is 4.74 Å². The van der Waals surface area contributed by atoms with Gasteiger partial charge in [-0.05, 0) is 49.8 Å². The summed E-state index contributed by atoms with van der Waals surface area (Å²) in [4.78, 5) is 14.2. The molecule has 1 fully saturated rings. The van der Waals surface area contributed by atoms with Crippen LogP contribution in [0, 0.1) is 12.8 Å². The molecular formula is C17H24ClNO2. The number of nitrogens with zero attached hydrogens (tertiary/aromatic N) is 1. The Bertz CT molecular complexity index is 462. The van der Waals surface area contributed by atoms with E-state index in [1.807, 2.05) is 36.1 Å². The molecule has 2 rings (SSSR count). The number of halogens is 1. The highest BCUT2D eigenvalue weighted by molar-refractivity contribution is 6.17. The van der Waals surface area contributed by atoms with Crippen LogP contribution in [0.2, 0.25) is 0 Å². The molecule has 0 bridgehead atoms. The van der Waals surface area contributed by atoms with Gasteiger partial charge in [-0.1, -0.05) is 12.1 Å². The average molecular weight is 310 g/mol. The van der Waals surface area contributed by atoms with Crippen LogP contribution in [0.3, 0.4) is 0 Å². The third-order valence-corrected chi connectivity index (χ3v) is 4.18. The molecule has 21 heavy (non-hydrogen) atoms. The molecule has 0 saturated carbocycles. The summed E-state index contributed by atoms with van der Waals surface area (Å²) in [6.45, 7) is 4.21. The van der Waals surface area contributed by atoms with Crippen molar-refractivity contribution in [1.82, 2.24) is 4.90 Å². The van der Waals surface area contributed by atoms with Crippen molar-refractivity contribution in [1.29, 1.82) is 0 Å². The summed E-state index contributed by atoms with van der Waals surface area (Å²) < 4.78 is 5.65. The maximum Gasteiger partial charge on any atom is 0.226 e. The summed E-state index contributed by atoms with van der Waals surface area (Å²) >= 11 is 5.80. The predicted octanol–water partition coefficient (Wildman–Crippen LogP) is 3.63. The highest BCUT2D eigenvalue weighted by Gasteiger charge is 2.22. The minimum Gasteiger partial charge on any atom is -0.493 e. The normalized spacial score (nSPS) is 18.6. The lowest BCUT2D eigenvalue weighted by Crippen LogP contribution is -2.40. The summed E-state index contributed by atoms with van der Waals surface area (Å²) in [6.07, 6.45) is 3.73. The minimum atomic E-state index is 0.196. The van der Waals surface area contributed by atoms with Gasteiger partial charge < -0.3 is 9.64 Å². The Hall–Kier alpha value is -1.22. The van der Waals surface area contributed by atoms with Crippen molar-refractivity contribution in [3.63, 3.8) is 0 Å². The first kappa shape index (κ1) is 16.2. The van der Waals surface area contributed by atoms with E-state index >= 15 is 0 Å². The van der Waals surface area contributed by atoms with Gasteiger partial charge in [-0.2, -0.15) is 0 Å². The largest absolute Gasteiger partial charge is 0.493 e. The Kier molecular flexibility index (Phi) is 6.37. The summed E-state index contributed by atoms with van der Waals surface area (Å²) in [5.41, 5.74) is 1.17. The number of rotatable bonds is 6. The molecule has 1 saturated heterocycles. The molecule has 1 atom stereocenters. The van der Waals surface area contributed by atoms with Gasteiger partial charge in [0.2, 0.25) is 5.91 Å². The fraction of sp³-hybridized carbons (Fsp3) is 0.588. The zero-order valence-electron chi connectivity index (χ0n) is 12.7. The second-order valence-corrected chi connectivity index (χ2v) is 6.12. The zero-order valence-corrected chi connectivity index (χ0v) is 13.4. The number of hydrogen-bond donors (Lipinski definition) is 0. The van der Waals surface area contributed by atoms with E-state index in [4.69, 9.17) is 16.3 Å². The standard InChI is InChI=1S/C17H24ClNO2/c1-14-4-2-6-16(12-14)21-11-8-17(20)19-10-3-5-15(13-19)7-9-18/h2,4,6,12,15H,3,5,7-11,13H2,1H3. The summed E-state index contributed by atoms with van der Waals surface area (Å²) in [6, 6.07) is 7.91. The van der Waals surface area contributed by atoms with Crippen molar-refractivity contribution >= 4 is 17.5 Å². The third kappa shape index (κ3) is 5.24. The van der Waals surface area contributed by atoms with Crippen LogP contribution in [0.4, 0.5) is 0 Å². The fourth-order valence-corrected chi connectivity index (χ4v) is 3.11. The van der Waals surface area contributed by atoms with Crippen LogP contribution >= 0.6 is 11.6 Å². The molecule has 1 heterocycles. The lowest BCUT2D eigenvalue weighted by atomic mass is 9.95. The Morgan fingerprint density at radius 1 is 1.48 bits per heavy atom.